The maximum Gasteiger partial charge on any atom is 0.120 e. The molecule has 2 unspecified atom stereocenters. The van der Waals surface area contributed by atoms with Crippen molar-refractivity contribution in [2.45, 2.75) is 24.0 Å². The van der Waals surface area contributed by atoms with Crippen molar-refractivity contribution in [3.8, 4) is 5.75 Å². The predicted molar refractivity (Wildman–Crippen MR) is 58.5 cm³/mol. The van der Waals surface area contributed by atoms with Crippen LogP contribution in [-0.4, -0.2) is 22.6 Å². The highest BCUT2D eigenvalue weighted by molar-refractivity contribution is 7.98. The summed E-state index contributed by atoms with van der Waals surface area (Å²) in [5, 5.41) is 18.9. The molecule has 0 fully saturated rings. The molecule has 0 aliphatic heterocycles. The van der Waals surface area contributed by atoms with Gasteiger partial charge in [-0.1, -0.05) is 0 Å². The molecule has 4 N–H and O–H groups in total. The number of aliphatic hydroxyl groups is 1. The molecule has 0 spiro atoms. The van der Waals surface area contributed by atoms with Crippen LogP contribution in [0.15, 0.2) is 23.1 Å². The number of benzene rings is 1. The van der Waals surface area contributed by atoms with Crippen LogP contribution in [0.2, 0.25) is 0 Å². The van der Waals surface area contributed by atoms with Crippen LogP contribution >= 0.6 is 11.8 Å². The smallest absolute Gasteiger partial charge is 0.120 e. The Hall–Kier alpha value is -0.710. The topological polar surface area (TPSA) is 66.5 Å². The molecule has 0 aliphatic rings. The molecule has 0 amide bonds. The number of thioether (sulfide) groups is 1. The molecule has 0 aliphatic carbocycles. The second-order valence-electron chi connectivity index (χ2n) is 3.19. The van der Waals surface area contributed by atoms with E-state index < -0.39 is 12.1 Å². The zero-order valence-corrected chi connectivity index (χ0v) is 9.08. The minimum atomic E-state index is -0.669. The van der Waals surface area contributed by atoms with Gasteiger partial charge >= 0.3 is 0 Å². The molecule has 0 heterocycles. The highest BCUT2D eigenvalue weighted by Crippen LogP contribution is 2.28. The second kappa shape index (κ2) is 4.68. The van der Waals surface area contributed by atoms with Crippen molar-refractivity contribution in [3.63, 3.8) is 0 Å². The maximum atomic E-state index is 9.55. The van der Waals surface area contributed by atoms with E-state index in [4.69, 9.17) is 5.73 Å². The molecular weight excluding hydrogens is 198 g/mol. The van der Waals surface area contributed by atoms with Gasteiger partial charge in [-0.2, -0.15) is 0 Å². The summed E-state index contributed by atoms with van der Waals surface area (Å²) >= 11 is 1.57. The van der Waals surface area contributed by atoms with Crippen LogP contribution in [0.25, 0.3) is 0 Å². The normalized spacial score (nSPS) is 15.1. The number of aromatic hydroxyl groups is 1. The van der Waals surface area contributed by atoms with Gasteiger partial charge < -0.3 is 15.9 Å². The van der Waals surface area contributed by atoms with Crippen LogP contribution in [0.3, 0.4) is 0 Å². The molecule has 2 atom stereocenters. The summed E-state index contributed by atoms with van der Waals surface area (Å²) in [6, 6.07) is 4.68. The molecule has 1 aromatic rings. The van der Waals surface area contributed by atoms with Gasteiger partial charge in [-0.15, -0.1) is 11.8 Å². The summed E-state index contributed by atoms with van der Waals surface area (Å²) in [5.74, 6) is 0.135. The van der Waals surface area contributed by atoms with Gasteiger partial charge in [0.25, 0.3) is 0 Å². The van der Waals surface area contributed by atoms with Crippen LogP contribution in [0.1, 0.15) is 18.5 Å². The average Bonchev–Trinajstić information content (AvgIpc) is 2.17. The zero-order chi connectivity index (χ0) is 10.7. The summed E-state index contributed by atoms with van der Waals surface area (Å²) in [6.07, 6.45) is 1.28. The Morgan fingerprint density at radius 1 is 1.43 bits per heavy atom. The van der Waals surface area contributed by atoms with Crippen molar-refractivity contribution in [1.29, 1.82) is 0 Å². The van der Waals surface area contributed by atoms with Gasteiger partial charge in [-0.05, 0) is 31.4 Å². The molecule has 0 bridgehead atoms. The number of hydrogen-bond acceptors (Lipinski definition) is 4. The molecule has 4 heteroatoms. The van der Waals surface area contributed by atoms with E-state index in [0.29, 0.717) is 5.56 Å². The first-order valence-electron chi connectivity index (χ1n) is 4.36. The van der Waals surface area contributed by atoms with E-state index in [-0.39, 0.29) is 5.75 Å². The van der Waals surface area contributed by atoms with Gasteiger partial charge in [0.15, 0.2) is 0 Å². The fraction of sp³-hybridized carbons (Fsp3) is 0.400. The van der Waals surface area contributed by atoms with E-state index in [2.05, 4.69) is 0 Å². The predicted octanol–water partition coefficient (Wildman–Crippen LogP) is 1.49. The Morgan fingerprint density at radius 3 is 2.57 bits per heavy atom. The number of phenolic OH excluding ortho intramolecular Hbond substituents is 1. The minimum absolute atomic E-state index is 0.135. The molecule has 3 nitrogen and oxygen atoms in total. The Kier molecular flexibility index (Phi) is 3.80. The second-order valence-corrected chi connectivity index (χ2v) is 4.07. The van der Waals surface area contributed by atoms with Crippen molar-refractivity contribution in [3.05, 3.63) is 23.8 Å². The average molecular weight is 213 g/mol. The number of aliphatic hydroxyl groups excluding tert-OH is 1. The molecule has 1 aromatic carbocycles. The maximum absolute atomic E-state index is 9.55. The van der Waals surface area contributed by atoms with Crippen molar-refractivity contribution in [2.75, 3.05) is 6.26 Å². The van der Waals surface area contributed by atoms with E-state index in [1.165, 1.54) is 0 Å². The summed E-state index contributed by atoms with van der Waals surface area (Å²) in [4.78, 5) is 1.02. The van der Waals surface area contributed by atoms with Crippen molar-refractivity contribution >= 4 is 11.8 Å². The molecule has 0 aromatic heterocycles. The van der Waals surface area contributed by atoms with Gasteiger partial charge in [0.1, 0.15) is 5.75 Å². The number of phenols is 1. The van der Waals surface area contributed by atoms with E-state index in [1.54, 1.807) is 30.8 Å². The number of nitrogens with two attached hydrogens (primary N) is 1. The van der Waals surface area contributed by atoms with Gasteiger partial charge in [0, 0.05) is 10.5 Å². The van der Waals surface area contributed by atoms with Gasteiger partial charge in [-0.25, -0.2) is 0 Å². The third-order valence-electron chi connectivity index (χ3n) is 2.11. The Bertz CT molecular complexity index is 315. The minimum Gasteiger partial charge on any atom is -0.508 e. The van der Waals surface area contributed by atoms with Gasteiger partial charge in [0.2, 0.25) is 0 Å². The lowest BCUT2D eigenvalue weighted by Gasteiger charge is -2.17. The first kappa shape index (κ1) is 11.4. The highest BCUT2D eigenvalue weighted by atomic mass is 32.2. The highest BCUT2D eigenvalue weighted by Gasteiger charge is 2.16. The molecule has 78 valence electrons. The van der Waals surface area contributed by atoms with Crippen molar-refractivity contribution in [2.24, 2.45) is 5.73 Å². The largest absolute Gasteiger partial charge is 0.508 e. The van der Waals surface area contributed by atoms with E-state index in [1.807, 2.05) is 12.3 Å². The zero-order valence-electron chi connectivity index (χ0n) is 8.27. The van der Waals surface area contributed by atoms with Crippen LogP contribution in [0.4, 0.5) is 0 Å². The third kappa shape index (κ3) is 2.41. The van der Waals surface area contributed by atoms with Gasteiger partial charge in [0.05, 0.1) is 12.1 Å². The third-order valence-corrected chi connectivity index (χ3v) is 2.84. The number of hydrogen-bond donors (Lipinski definition) is 3. The van der Waals surface area contributed by atoms with Crippen LogP contribution in [0, 0.1) is 0 Å². The first-order valence-corrected chi connectivity index (χ1v) is 5.59. The quantitative estimate of drug-likeness (QED) is 0.666. The summed E-state index contributed by atoms with van der Waals surface area (Å²) < 4.78 is 0. The standard InChI is InChI=1S/C10H15NO2S/c1-6(12)10(11)8-5-7(14-2)3-4-9(8)13/h3-6,10,12-13H,11H2,1-2H3. The van der Waals surface area contributed by atoms with Crippen LogP contribution in [0.5, 0.6) is 5.75 Å². The molecule has 0 saturated heterocycles. The summed E-state index contributed by atoms with van der Waals surface area (Å²) in [5.41, 5.74) is 6.33. The molecule has 14 heavy (non-hydrogen) atoms. The molecule has 1 rings (SSSR count). The van der Waals surface area contributed by atoms with E-state index in [0.717, 1.165) is 4.90 Å². The summed E-state index contributed by atoms with van der Waals surface area (Å²) in [7, 11) is 0. The lowest BCUT2D eigenvalue weighted by atomic mass is 10.0. The van der Waals surface area contributed by atoms with Crippen LogP contribution < -0.4 is 5.73 Å². The Balaban J connectivity index is 3.05. The lowest BCUT2D eigenvalue weighted by Crippen LogP contribution is -2.23. The molecular formula is C10H15NO2S. The SMILES string of the molecule is CSc1ccc(O)c(C(N)C(C)O)c1. The van der Waals surface area contributed by atoms with Crippen molar-refractivity contribution in [1.82, 2.24) is 0 Å². The molecule has 0 saturated carbocycles. The summed E-state index contributed by atoms with van der Waals surface area (Å²) in [6.45, 7) is 1.61. The fourth-order valence-corrected chi connectivity index (χ4v) is 1.64. The molecule has 0 radical (unpaired) electrons. The van der Waals surface area contributed by atoms with Gasteiger partial charge in [-0.3, -0.25) is 0 Å². The Labute approximate surface area is 87.9 Å². The number of rotatable bonds is 3. The fourth-order valence-electron chi connectivity index (χ4n) is 1.19. The first-order chi connectivity index (χ1) is 6.56. The lowest BCUT2D eigenvalue weighted by molar-refractivity contribution is 0.162. The Morgan fingerprint density at radius 2 is 2.07 bits per heavy atom. The van der Waals surface area contributed by atoms with E-state index in [9.17, 15) is 10.2 Å². The van der Waals surface area contributed by atoms with Crippen LogP contribution in [-0.2, 0) is 0 Å². The van der Waals surface area contributed by atoms with Crippen molar-refractivity contribution < 1.29 is 10.2 Å². The monoisotopic (exact) mass is 213 g/mol. The van der Waals surface area contributed by atoms with E-state index >= 15 is 0 Å².